The Morgan fingerprint density at radius 2 is 2.33 bits per heavy atom. The van der Waals surface area contributed by atoms with Crippen LogP contribution in [0.15, 0.2) is 0 Å². The molecule has 1 saturated heterocycles. The Labute approximate surface area is 80.5 Å². The first-order valence-electron chi connectivity index (χ1n) is 4.44. The van der Waals surface area contributed by atoms with Crippen LogP contribution in [-0.2, 0) is 0 Å². The van der Waals surface area contributed by atoms with Crippen molar-refractivity contribution in [2.24, 2.45) is 0 Å². The largest absolute Gasteiger partial charge is 0.381 e. The van der Waals surface area contributed by atoms with E-state index in [1.807, 2.05) is 0 Å². The predicted molar refractivity (Wildman–Crippen MR) is 52.6 cm³/mol. The van der Waals surface area contributed by atoms with Crippen molar-refractivity contribution < 1.29 is 5.11 Å². The predicted octanol–water partition coefficient (Wildman–Crippen LogP) is 0.432. The molecular formula is C8H19ClN2O. The summed E-state index contributed by atoms with van der Waals surface area (Å²) in [7, 11) is 0. The van der Waals surface area contributed by atoms with E-state index in [4.69, 9.17) is 5.11 Å². The third-order valence-electron chi connectivity index (χ3n) is 2.35. The Kier molecular flexibility index (Phi) is 6.76. The Hall–Kier alpha value is 0.170. The maximum Gasteiger partial charge on any atom is 0.0959 e. The summed E-state index contributed by atoms with van der Waals surface area (Å²) in [5, 5.41) is 12.4. The summed E-state index contributed by atoms with van der Waals surface area (Å²) in [6.07, 6.45) is 2.27. The molecule has 1 atom stereocenters. The summed E-state index contributed by atoms with van der Waals surface area (Å²) in [6.45, 7) is 5.52. The number of halogens is 1. The summed E-state index contributed by atoms with van der Waals surface area (Å²) in [5.74, 6) is 0. The third-order valence-corrected chi connectivity index (χ3v) is 2.35. The second kappa shape index (κ2) is 6.66. The lowest BCUT2D eigenvalue weighted by atomic mass is 10.2. The molecular weight excluding hydrogens is 176 g/mol. The van der Waals surface area contributed by atoms with Gasteiger partial charge in [0.05, 0.1) is 6.73 Å². The van der Waals surface area contributed by atoms with Crippen molar-refractivity contribution in [3.8, 4) is 0 Å². The van der Waals surface area contributed by atoms with Crippen molar-refractivity contribution in [3.05, 3.63) is 0 Å². The van der Waals surface area contributed by atoms with Crippen LogP contribution in [0.3, 0.4) is 0 Å². The topological polar surface area (TPSA) is 35.5 Å². The molecule has 0 aliphatic carbocycles. The van der Waals surface area contributed by atoms with Crippen molar-refractivity contribution in [3.63, 3.8) is 0 Å². The van der Waals surface area contributed by atoms with Gasteiger partial charge in [0.1, 0.15) is 0 Å². The first-order valence-corrected chi connectivity index (χ1v) is 4.44. The molecule has 0 bridgehead atoms. The lowest BCUT2D eigenvalue weighted by molar-refractivity contribution is 0.0728. The molecule has 0 aromatic rings. The fourth-order valence-corrected chi connectivity index (χ4v) is 1.58. The smallest absolute Gasteiger partial charge is 0.0959 e. The van der Waals surface area contributed by atoms with Gasteiger partial charge in [-0.15, -0.1) is 12.4 Å². The van der Waals surface area contributed by atoms with Crippen LogP contribution < -0.4 is 5.32 Å². The second-order valence-corrected chi connectivity index (χ2v) is 3.07. The molecule has 1 aliphatic rings. The summed E-state index contributed by atoms with van der Waals surface area (Å²) in [5.41, 5.74) is 0. The first kappa shape index (κ1) is 12.2. The standard InChI is InChI=1S/C8H18N2O.ClH/c1-2-8-6-9-4-3-5-10(8)7-11;/h8-9,11H,2-7H2,1H3;1H. The lowest BCUT2D eigenvalue weighted by Crippen LogP contribution is -2.39. The summed E-state index contributed by atoms with van der Waals surface area (Å²) in [6, 6.07) is 0.530. The highest BCUT2D eigenvalue weighted by Crippen LogP contribution is 2.05. The van der Waals surface area contributed by atoms with Crippen molar-refractivity contribution in [2.75, 3.05) is 26.4 Å². The highest BCUT2D eigenvalue weighted by molar-refractivity contribution is 5.85. The van der Waals surface area contributed by atoms with Gasteiger partial charge in [-0.3, -0.25) is 4.90 Å². The number of nitrogens with zero attached hydrogens (tertiary/aromatic N) is 1. The lowest BCUT2D eigenvalue weighted by Gasteiger charge is -2.25. The molecule has 0 saturated carbocycles. The molecule has 3 nitrogen and oxygen atoms in total. The van der Waals surface area contributed by atoms with Crippen LogP contribution in [0.1, 0.15) is 19.8 Å². The molecule has 1 fully saturated rings. The van der Waals surface area contributed by atoms with E-state index >= 15 is 0 Å². The molecule has 12 heavy (non-hydrogen) atoms. The molecule has 0 radical (unpaired) electrons. The fourth-order valence-electron chi connectivity index (χ4n) is 1.58. The van der Waals surface area contributed by atoms with Gasteiger partial charge in [0.2, 0.25) is 0 Å². The van der Waals surface area contributed by atoms with Crippen molar-refractivity contribution in [1.82, 2.24) is 10.2 Å². The summed E-state index contributed by atoms with van der Waals surface area (Å²) >= 11 is 0. The quantitative estimate of drug-likeness (QED) is 0.670. The minimum atomic E-state index is 0. The highest BCUT2D eigenvalue weighted by atomic mass is 35.5. The molecule has 1 unspecified atom stereocenters. The number of aliphatic hydroxyl groups is 1. The van der Waals surface area contributed by atoms with E-state index in [-0.39, 0.29) is 19.1 Å². The molecule has 1 rings (SSSR count). The number of nitrogens with one attached hydrogen (secondary N) is 1. The van der Waals surface area contributed by atoms with Crippen molar-refractivity contribution in [1.29, 1.82) is 0 Å². The average Bonchev–Trinajstić information content (AvgIpc) is 2.27. The minimum Gasteiger partial charge on any atom is -0.381 e. The van der Waals surface area contributed by atoms with Crippen molar-refractivity contribution in [2.45, 2.75) is 25.8 Å². The maximum atomic E-state index is 9.02. The monoisotopic (exact) mass is 194 g/mol. The fraction of sp³-hybridized carbons (Fsp3) is 1.00. The van der Waals surface area contributed by atoms with Gasteiger partial charge in [-0.25, -0.2) is 0 Å². The highest BCUT2D eigenvalue weighted by Gasteiger charge is 2.17. The van der Waals surface area contributed by atoms with E-state index in [0.29, 0.717) is 6.04 Å². The van der Waals surface area contributed by atoms with E-state index in [0.717, 1.165) is 32.5 Å². The third kappa shape index (κ3) is 3.27. The zero-order valence-electron chi connectivity index (χ0n) is 7.62. The number of hydrogen-bond donors (Lipinski definition) is 2. The Balaban J connectivity index is 0.00000121. The molecule has 1 aliphatic heterocycles. The number of hydrogen-bond acceptors (Lipinski definition) is 3. The first-order chi connectivity index (χ1) is 5.38. The number of rotatable bonds is 2. The van der Waals surface area contributed by atoms with E-state index in [1.165, 1.54) is 0 Å². The Morgan fingerprint density at radius 3 is 2.92 bits per heavy atom. The van der Waals surface area contributed by atoms with Crippen LogP contribution >= 0.6 is 12.4 Å². The van der Waals surface area contributed by atoms with Gasteiger partial charge in [-0.1, -0.05) is 6.92 Å². The summed E-state index contributed by atoms with van der Waals surface area (Å²) in [4.78, 5) is 2.14. The summed E-state index contributed by atoms with van der Waals surface area (Å²) < 4.78 is 0. The van der Waals surface area contributed by atoms with Crippen LogP contribution in [0, 0.1) is 0 Å². The molecule has 0 aromatic carbocycles. The van der Waals surface area contributed by atoms with Crippen molar-refractivity contribution >= 4 is 12.4 Å². The van der Waals surface area contributed by atoms with E-state index in [9.17, 15) is 0 Å². The van der Waals surface area contributed by atoms with Gasteiger partial charge in [0, 0.05) is 19.1 Å². The second-order valence-electron chi connectivity index (χ2n) is 3.07. The molecule has 74 valence electrons. The Morgan fingerprint density at radius 1 is 1.58 bits per heavy atom. The number of aliphatic hydroxyl groups excluding tert-OH is 1. The van der Waals surface area contributed by atoms with Gasteiger partial charge < -0.3 is 10.4 Å². The van der Waals surface area contributed by atoms with Crippen LogP contribution in [0.2, 0.25) is 0 Å². The van der Waals surface area contributed by atoms with E-state index < -0.39 is 0 Å². The zero-order valence-corrected chi connectivity index (χ0v) is 8.44. The van der Waals surface area contributed by atoms with Gasteiger partial charge in [0.25, 0.3) is 0 Å². The normalized spacial score (nSPS) is 26.0. The van der Waals surface area contributed by atoms with Crippen LogP contribution in [0.4, 0.5) is 0 Å². The molecule has 1 heterocycles. The molecule has 0 aromatic heterocycles. The SMILES string of the molecule is CCC1CNCCCN1CO.Cl. The van der Waals surface area contributed by atoms with Gasteiger partial charge in [-0.05, 0) is 19.4 Å². The van der Waals surface area contributed by atoms with Gasteiger partial charge in [-0.2, -0.15) is 0 Å². The van der Waals surface area contributed by atoms with Gasteiger partial charge in [0.15, 0.2) is 0 Å². The van der Waals surface area contributed by atoms with E-state index in [2.05, 4.69) is 17.1 Å². The molecule has 0 amide bonds. The van der Waals surface area contributed by atoms with Gasteiger partial charge >= 0.3 is 0 Å². The zero-order chi connectivity index (χ0) is 8.10. The maximum absolute atomic E-state index is 9.02. The van der Waals surface area contributed by atoms with Crippen LogP contribution in [-0.4, -0.2) is 42.4 Å². The molecule has 2 N–H and O–H groups in total. The van der Waals surface area contributed by atoms with Crippen LogP contribution in [0.25, 0.3) is 0 Å². The Bertz CT molecular complexity index is 101. The van der Waals surface area contributed by atoms with Crippen LogP contribution in [0.5, 0.6) is 0 Å². The minimum absolute atomic E-state index is 0. The molecule has 4 heteroatoms. The van der Waals surface area contributed by atoms with E-state index in [1.54, 1.807) is 0 Å². The average molecular weight is 195 g/mol. The molecule has 0 spiro atoms.